The molecular formula is C13H13F6O. The van der Waals surface area contributed by atoms with Crippen molar-refractivity contribution in [1.82, 2.24) is 0 Å². The van der Waals surface area contributed by atoms with Crippen LogP contribution in [0.4, 0.5) is 26.3 Å². The molecule has 0 amide bonds. The van der Waals surface area contributed by atoms with Gasteiger partial charge in [-0.2, -0.15) is 26.3 Å². The topological polar surface area (TPSA) is 20.2 Å². The summed E-state index contributed by atoms with van der Waals surface area (Å²) in [5.74, 6) is 0.507. The molecule has 1 radical (unpaired) electrons. The van der Waals surface area contributed by atoms with Crippen LogP contribution in [0.25, 0.3) is 0 Å². The summed E-state index contributed by atoms with van der Waals surface area (Å²) in [6.07, 6.45) is -9.02. The van der Waals surface area contributed by atoms with Crippen molar-refractivity contribution in [2.45, 2.75) is 38.7 Å². The van der Waals surface area contributed by atoms with Crippen LogP contribution in [-0.2, 0) is 0 Å². The Hall–Kier alpha value is -1.20. The predicted molar refractivity (Wildman–Crippen MR) is 60.5 cm³/mol. The number of allylic oxidation sites excluding steroid dienone is 1. The molecule has 1 aliphatic rings. The van der Waals surface area contributed by atoms with E-state index >= 15 is 0 Å². The van der Waals surface area contributed by atoms with E-state index in [0.29, 0.717) is 12.0 Å². The third-order valence-corrected chi connectivity index (χ3v) is 2.89. The number of rotatable bonds is 1. The molecule has 0 heterocycles. The first-order valence-electron chi connectivity index (χ1n) is 5.60. The average molecular weight is 299 g/mol. The van der Waals surface area contributed by atoms with E-state index in [1.807, 2.05) is 5.73 Å². The van der Waals surface area contributed by atoms with Crippen LogP contribution in [0.15, 0.2) is 29.5 Å². The largest absolute Gasteiger partial charge is 0.431 e. The quantitative estimate of drug-likeness (QED) is 0.570. The Morgan fingerprint density at radius 2 is 1.35 bits per heavy atom. The predicted octanol–water partition coefficient (Wildman–Crippen LogP) is 4.11. The fourth-order valence-corrected chi connectivity index (χ4v) is 1.58. The fraction of sp³-hybridized carbons (Fsp3) is 0.538. The Labute approximate surface area is 112 Å². The van der Waals surface area contributed by atoms with Crippen LogP contribution < -0.4 is 0 Å². The molecule has 113 valence electrons. The van der Waals surface area contributed by atoms with E-state index in [1.165, 1.54) is 0 Å². The number of hydrogen-bond acceptors (Lipinski definition) is 1. The molecule has 0 aromatic carbocycles. The molecule has 0 bridgehead atoms. The van der Waals surface area contributed by atoms with Crippen molar-refractivity contribution < 1.29 is 31.4 Å². The van der Waals surface area contributed by atoms with Crippen LogP contribution in [0.3, 0.4) is 0 Å². The zero-order valence-corrected chi connectivity index (χ0v) is 10.9. The monoisotopic (exact) mass is 299 g/mol. The minimum atomic E-state index is -5.88. The van der Waals surface area contributed by atoms with Crippen molar-refractivity contribution in [3.63, 3.8) is 0 Å². The van der Waals surface area contributed by atoms with Crippen molar-refractivity contribution >= 4 is 0 Å². The molecule has 0 aromatic rings. The summed E-state index contributed by atoms with van der Waals surface area (Å²) in [7, 11) is 0. The highest BCUT2D eigenvalue weighted by Crippen LogP contribution is 2.48. The number of hydrogen-bond donors (Lipinski definition) is 1. The standard InChI is InChI=1S/C13H13F6O/c1-10(2,3)8-4-6-9(7-5-8)11(20,12(14,15)16)13(17,18)19/h4-6,20H,1-3H3. The highest BCUT2D eigenvalue weighted by atomic mass is 19.4. The summed E-state index contributed by atoms with van der Waals surface area (Å²) in [6.45, 7) is 5.24. The molecule has 1 rings (SSSR count). The first kappa shape index (κ1) is 16.9. The van der Waals surface area contributed by atoms with Gasteiger partial charge in [0.05, 0.1) is 0 Å². The van der Waals surface area contributed by atoms with Crippen LogP contribution in [0.2, 0.25) is 0 Å². The number of alkyl halides is 6. The van der Waals surface area contributed by atoms with Crippen LogP contribution in [0.5, 0.6) is 0 Å². The van der Waals surface area contributed by atoms with Crippen LogP contribution in [0, 0.1) is 11.3 Å². The summed E-state index contributed by atoms with van der Waals surface area (Å²) in [5, 5.41) is 9.17. The summed E-state index contributed by atoms with van der Waals surface area (Å²) in [4.78, 5) is 0. The van der Waals surface area contributed by atoms with Crippen molar-refractivity contribution in [2.75, 3.05) is 0 Å². The number of halogens is 6. The van der Waals surface area contributed by atoms with Gasteiger partial charge in [-0.3, -0.25) is 0 Å². The van der Waals surface area contributed by atoms with E-state index in [2.05, 4.69) is 0 Å². The average Bonchev–Trinajstić information content (AvgIpc) is 2.24. The van der Waals surface area contributed by atoms with E-state index in [0.717, 1.165) is 12.2 Å². The van der Waals surface area contributed by atoms with Gasteiger partial charge in [-0.15, -0.1) is 5.73 Å². The highest BCUT2D eigenvalue weighted by molar-refractivity contribution is 5.43. The maximum absolute atomic E-state index is 12.6. The Balaban J connectivity index is 3.36. The lowest BCUT2D eigenvalue weighted by atomic mass is 9.77. The normalized spacial score (nSPS) is 18.4. The molecule has 0 spiro atoms. The van der Waals surface area contributed by atoms with Gasteiger partial charge in [0.2, 0.25) is 0 Å². The molecule has 0 aromatic heterocycles. The molecule has 7 heteroatoms. The second-order valence-corrected chi connectivity index (χ2v) is 5.45. The summed E-state index contributed by atoms with van der Waals surface area (Å²) >= 11 is 0. The van der Waals surface area contributed by atoms with E-state index in [-0.39, 0.29) is 0 Å². The molecular weight excluding hydrogens is 286 g/mol. The van der Waals surface area contributed by atoms with Gasteiger partial charge in [0, 0.05) is 11.5 Å². The van der Waals surface area contributed by atoms with Crippen LogP contribution in [0.1, 0.15) is 20.8 Å². The Morgan fingerprint density at radius 3 is 1.60 bits per heavy atom. The molecule has 0 aliphatic heterocycles. The first-order chi connectivity index (χ1) is 8.71. The molecule has 0 unspecified atom stereocenters. The van der Waals surface area contributed by atoms with Crippen molar-refractivity contribution in [3.8, 4) is 0 Å². The molecule has 1 nitrogen and oxygen atoms in total. The first-order valence-corrected chi connectivity index (χ1v) is 5.60. The maximum atomic E-state index is 12.6. The van der Waals surface area contributed by atoms with Crippen molar-refractivity contribution in [1.29, 1.82) is 0 Å². The maximum Gasteiger partial charge on any atom is 0.431 e. The van der Waals surface area contributed by atoms with Gasteiger partial charge in [-0.1, -0.05) is 32.9 Å². The van der Waals surface area contributed by atoms with Gasteiger partial charge >= 0.3 is 12.4 Å². The van der Waals surface area contributed by atoms with Gasteiger partial charge in [0.25, 0.3) is 5.60 Å². The van der Waals surface area contributed by atoms with Crippen LogP contribution in [-0.4, -0.2) is 23.1 Å². The van der Waals surface area contributed by atoms with Gasteiger partial charge < -0.3 is 5.11 Å². The molecule has 1 N–H and O–H groups in total. The second-order valence-electron chi connectivity index (χ2n) is 5.45. The van der Waals surface area contributed by atoms with Crippen LogP contribution >= 0.6 is 0 Å². The summed E-state index contributed by atoms with van der Waals surface area (Å²) < 4.78 is 75.8. The lowest BCUT2D eigenvalue weighted by molar-refractivity contribution is -0.350. The van der Waals surface area contributed by atoms with E-state index in [1.54, 1.807) is 20.8 Å². The minimum Gasteiger partial charge on any atom is -0.369 e. The van der Waals surface area contributed by atoms with Gasteiger partial charge in [0.15, 0.2) is 0 Å². The molecule has 0 atom stereocenters. The van der Waals surface area contributed by atoms with E-state index in [9.17, 15) is 26.3 Å². The highest BCUT2D eigenvalue weighted by Gasteiger charge is 2.72. The van der Waals surface area contributed by atoms with Crippen molar-refractivity contribution in [2.24, 2.45) is 5.41 Å². The zero-order valence-electron chi connectivity index (χ0n) is 10.9. The third kappa shape index (κ3) is 2.79. The smallest absolute Gasteiger partial charge is 0.369 e. The molecule has 20 heavy (non-hydrogen) atoms. The number of aliphatic hydroxyl groups is 1. The molecule has 1 aliphatic carbocycles. The van der Waals surface area contributed by atoms with Gasteiger partial charge in [-0.25, -0.2) is 0 Å². The van der Waals surface area contributed by atoms with Gasteiger partial charge in [-0.05, 0) is 11.5 Å². The second kappa shape index (κ2) is 4.67. The fourth-order valence-electron chi connectivity index (χ4n) is 1.58. The van der Waals surface area contributed by atoms with Gasteiger partial charge in [0.1, 0.15) is 0 Å². The molecule has 0 saturated heterocycles. The summed E-state index contributed by atoms with van der Waals surface area (Å²) in [6, 6.07) is 0. The Kier molecular flexibility index (Phi) is 3.93. The summed E-state index contributed by atoms with van der Waals surface area (Å²) in [5.41, 5.74) is -4.84. The van der Waals surface area contributed by atoms with E-state index < -0.39 is 28.9 Å². The Morgan fingerprint density at radius 1 is 0.900 bits per heavy atom. The Bertz CT molecular complexity index is 455. The molecule has 0 saturated carbocycles. The lowest BCUT2D eigenvalue weighted by Crippen LogP contribution is -2.57. The third-order valence-electron chi connectivity index (χ3n) is 2.89. The van der Waals surface area contributed by atoms with Crippen molar-refractivity contribution in [3.05, 3.63) is 35.5 Å². The zero-order chi connectivity index (χ0) is 16.0. The van der Waals surface area contributed by atoms with E-state index in [4.69, 9.17) is 5.11 Å². The lowest BCUT2D eigenvalue weighted by Gasteiger charge is -2.34. The minimum absolute atomic E-state index is 0.455. The SMILES string of the molecule is CC(C)(C)[C]1C=C=C(C(O)(C(F)(F)F)C(F)(F)F)C=C1. The molecule has 0 fully saturated rings.